The number of nitrogens with zero attached hydrogens (tertiary/aromatic N) is 2. The Kier molecular flexibility index (Phi) is 3.97. The van der Waals surface area contributed by atoms with Crippen LogP contribution in [0.2, 0.25) is 0 Å². The summed E-state index contributed by atoms with van der Waals surface area (Å²) in [7, 11) is 0. The molecule has 0 spiro atoms. The van der Waals surface area contributed by atoms with Crippen molar-refractivity contribution < 1.29 is 4.79 Å². The molecular weight excluding hydrogens is 226 g/mol. The number of likely N-dealkylation sites (tertiary alicyclic amines) is 1. The van der Waals surface area contributed by atoms with Crippen LogP contribution in [0.25, 0.3) is 0 Å². The Balaban J connectivity index is 2.09. The van der Waals surface area contributed by atoms with Crippen LogP contribution in [0.4, 0.5) is 0 Å². The molecule has 1 amide bonds. The second-order valence-electron chi connectivity index (χ2n) is 6.39. The molecule has 0 aromatic carbocycles. The van der Waals surface area contributed by atoms with Crippen LogP contribution in [0.1, 0.15) is 34.1 Å². The van der Waals surface area contributed by atoms with Gasteiger partial charge in [-0.1, -0.05) is 13.8 Å². The zero-order chi connectivity index (χ0) is 13.3. The standard InChI is InChI=1S/C14H27N3O/c1-11(2)13(18)17-8-5-12(14(17,3)4)16-9-6-15-7-10-16/h11-12,15H,5-10H2,1-4H3. The van der Waals surface area contributed by atoms with E-state index in [4.69, 9.17) is 0 Å². The summed E-state index contributed by atoms with van der Waals surface area (Å²) in [5.74, 6) is 0.406. The summed E-state index contributed by atoms with van der Waals surface area (Å²) in [5.41, 5.74) is -0.0291. The lowest BCUT2D eigenvalue weighted by atomic mass is 9.93. The zero-order valence-electron chi connectivity index (χ0n) is 12.2. The van der Waals surface area contributed by atoms with Crippen molar-refractivity contribution in [3.63, 3.8) is 0 Å². The van der Waals surface area contributed by atoms with Crippen molar-refractivity contribution in [2.24, 2.45) is 5.92 Å². The van der Waals surface area contributed by atoms with Gasteiger partial charge >= 0.3 is 0 Å². The SMILES string of the molecule is CC(C)C(=O)N1CCC(N2CCNCC2)C1(C)C. The number of hydrogen-bond acceptors (Lipinski definition) is 3. The maximum atomic E-state index is 12.3. The van der Waals surface area contributed by atoms with E-state index in [1.807, 2.05) is 13.8 Å². The van der Waals surface area contributed by atoms with Crippen LogP contribution in [-0.2, 0) is 4.79 Å². The number of nitrogens with one attached hydrogen (secondary N) is 1. The first-order chi connectivity index (χ1) is 8.44. The Bertz CT molecular complexity index is 308. The summed E-state index contributed by atoms with van der Waals surface area (Å²) < 4.78 is 0. The van der Waals surface area contributed by atoms with E-state index in [0.717, 1.165) is 39.1 Å². The van der Waals surface area contributed by atoms with Crippen molar-refractivity contribution in [3.8, 4) is 0 Å². The number of hydrogen-bond donors (Lipinski definition) is 1. The van der Waals surface area contributed by atoms with E-state index in [1.54, 1.807) is 0 Å². The molecule has 0 aromatic rings. The highest BCUT2D eigenvalue weighted by atomic mass is 16.2. The molecule has 0 radical (unpaired) electrons. The van der Waals surface area contributed by atoms with Gasteiger partial charge in [-0.3, -0.25) is 9.69 Å². The van der Waals surface area contributed by atoms with Crippen LogP contribution in [0.5, 0.6) is 0 Å². The smallest absolute Gasteiger partial charge is 0.225 e. The number of rotatable bonds is 2. The summed E-state index contributed by atoms with van der Waals surface area (Å²) in [6, 6.07) is 0.516. The molecule has 0 aliphatic carbocycles. The van der Waals surface area contributed by atoms with Gasteiger partial charge in [0, 0.05) is 44.7 Å². The van der Waals surface area contributed by atoms with Crippen molar-refractivity contribution in [1.82, 2.24) is 15.1 Å². The third-order valence-electron chi connectivity index (χ3n) is 4.49. The maximum Gasteiger partial charge on any atom is 0.225 e. The van der Waals surface area contributed by atoms with Crippen LogP contribution >= 0.6 is 0 Å². The number of carbonyl (C=O) groups excluding carboxylic acids is 1. The molecule has 2 rings (SSSR count). The molecule has 2 aliphatic rings. The van der Waals surface area contributed by atoms with Gasteiger partial charge in [-0.15, -0.1) is 0 Å². The normalized spacial score (nSPS) is 28.9. The molecule has 4 nitrogen and oxygen atoms in total. The van der Waals surface area contributed by atoms with Crippen LogP contribution < -0.4 is 5.32 Å². The molecular formula is C14H27N3O. The van der Waals surface area contributed by atoms with E-state index in [0.29, 0.717) is 11.9 Å². The Morgan fingerprint density at radius 3 is 2.39 bits per heavy atom. The molecule has 2 saturated heterocycles. The van der Waals surface area contributed by atoms with Gasteiger partial charge < -0.3 is 10.2 Å². The lowest BCUT2D eigenvalue weighted by Crippen LogP contribution is -2.58. The lowest BCUT2D eigenvalue weighted by molar-refractivity contribution is -0.138. The molecule has 104 valence electrons. The molecule has 1 unspecified atom stereocenters. The first kappa shape index (κ1) is 13.8. The van der Waals surface area contributed by atoms with E-state index in [-0.39, 0.29) is 11.5 Å². The predicted octanol–water partition coefficient (Wildman–Crippen LogP) is 0.927. The topological polar surface area (TPSA) is 35.6 Å². The molecule has 4 heteroatoms. The van der Waals surface area contributed by atoms with Gasteiger partial charge in [-0.05, 0) is 20.3 Å². The molecule has 1 N–H and O–H groups in total. The summed E-state index contributed by atoms with van der Waals surface area (Å²) in [6.45, 7) is 13.7. The molecule has 18 heavy (non-hydrogen) atoms. The van der Waals surface area contributed by atoms with Gasteiger partial charge in [-0.2, -0.15) is 0 Å². The molecule has 0 bridgehead atoms. The van der Waals surface area contributed by atoms with Gasteiger partial charge in [0.1, 0.15) is 0 Å². The quantitative estimate of drug-likeness (QED) is 0.795. The summed E-state index contributed by atoms with van der Waals surface area (Å²) in [6.07, 6.45) is 1.12. The highest BCUT2D eigenvalue weighted by molar-refractivity contribution is 5.79. The molecule has 0 saturated carbocycles. The highest BCUT2D eigenvalue weighted by Crippen LogP contribution is 2.34. The van der Waals surface area contributed by atoms with E-state index in [2.05, 4.69) is 29.0 Å². The van der Waals surface area contributed by atoms with Gasteiger partial charge in [0.2, 0.25) is 5.91 Å². The third-order valence-corrected chi connectivity index (χ3v) is 4.49. The second kappa shape index (κ2) is 5.17. The Morgan fingerprint density at radius 1 is 1.22 bits per heavy atom. The summed E-state index contributed by atoms with van der Waals surface area (Å²) >= 11 is 0. The largest absolute Gasteiger partial charge is 0.336 e. The lowest BCUT2D eigenvalue weighted by Gasteiger charge is -2.43. The fourth-order valence-corrected chi connectivity index (χ4v) is 3.40. The van der Waals surface area contributed by atoms with Crippen molar-refractivity contribution in [1.29, 1.82) is 0 Å². The average Bonchev–Trinajstić information content (AvgIpc) is 2.64. The third kappa shape index (κ3) is 2.41. The molecule has 1 atom stereocenters. The van der Waals surface area contributed by atoms with Gasteiger partial charge in [0.05, 0.1) is 5.54 Å². The number of amides is 1. The van der Waals surface area contributed by atoms with Gasteiger partial charge in [-0.25, -0.2) is 0 Å². The summed E-state index contributed by atoms with van der Waals surface area (Å²) in [5, 5.41) is 3.40. The number of piperazine rings is 1. The van der Waals surface area contributed by atoms with Crippen molar-refractivity contribution in [3.05, 3.63) is 0 Å². The van der Waals surface area contributed by atoms with E-state index >= 15 is 0 Å². The van der Waals surface area contributed by atoms with Gasteiger partial charge in [0.15, 0.2) is 0 Å². The first-order valence-corrected chi connectivity index (χ1v) is 7.21. The first-order valence-electron chi connectivity index (χ1n) is 7.21. The molecule has 0 aromatic heterocycles. The monoisotopic (exact) mass is 253 g/mol. The van der Waals surface area contributed by atoms with E-state index in [9.17, 15) is 4.79 Å². The van der Waals surface area contributed by atoms with Crippen molar-refractivity contribution in [2.45, 2.75) is 45.7 Å². The van der Waals surface area contributed by atoms with E-state index in [1.165, 1.54) is 0 Å². The zero-order valence-corrected chi connectivity index (χ0v) is 12.2. The molecule has 2 heterocycles. The van der Waals surface area contributed by atoms with Crippen molar-refractivity contribution in [2.75, 3.05) is 32.7 Å². The number of carbonyl (C=O) groups is 1. The predicted molar refractivity (Wildman–Crippen MR) is 73.5 cm³/mol. The Hall–Kier alpha value is -0.610. The minimum Gasteiger partial charge on any atom is -0.336 e. The van der Waals surface area contributed by atoms with Gasteiger partial charge in [0.25, 0.3) is 0 Å². The van der Waals surface area contributed by atoms with E-state index < -0.39 is 0 Å². The maximum absolute atomic E-state index is 12.3. The second-order valence-corrected chi connectivity index (χ2v) is 6.39. The fraction of sp³-hybridized carbons (Fsp3) is 0.929. The van der Waals surface area contributed by atoms with Crippen LogP contribution in [-0.4, -0.2) is 60.0 Å². The Morgan fingerprint density at radius 2 is 1.83 bits per heavy atom. The van der Waals surface area contributed by atoms with Crippen LogP contribution in [0.15, 0.2) is 0 Å². The fourth-order valence-electron chi connectivity index (χ4n) is 3.40. The summed E-state index contributed by atoms with van der Waals surface area (Å²) in [4.78, 5) is 16.9. The van der Waals surface area contributed by atoms with Crippen LogP contribution in [0, 0.1) is 5.92 Å². The minimum atomic E-state index is -0.0291. The van der Waals surface area contributed by atoms with Crippen LogP contribution in [0.3, 0.4) is 0 Å². The molecule has 2 fully saturated rings. The molecule has 2 aliphatic heterocycles. The van der Waals surface area contributed by atoms with Crippen molar-refractivity contribution >= 4 is 5.91 Å². The average molecular weight is 253 g/mol. The minimum absolute atomic E-state index is 0.0291. The highest BCUT2D eigenvalue weighted by Gasteiger charge is 2.46. The Labute approximate surface area is 111 Å².